The van der Waals surface area contributed by atoms with Crippen LogP contribution in [0, 0.1) is 0 Å². The minimum Gasteiger partial charge on any atom is -0.382 e. The third kappa shape index (κ3) is 3.62. The fourth-order valence-corrected chi connectivity index (χ4v) is 4.11. The molecule has 4 rings (SSSR count). The van der Waals surface area contributed by atoms with E-state index in [0.29, 0.717) is 17.8 Å². The van der Waals surface area contributed by atoms with E-state index in [4.69, 9.17) is 11.5 Å². The summed E-state index contributed by atoms with van der Waals surface area (Å²) in [5, 5.41) is 8.12. The van der Waals surface area contributed by atoms with Gasteiger partial charge in [-0.2, -0.15) is 0 Å². The fraction of sp³-hybridized carbons (Fsp3) is 0.429. The van der Waals surface area contributed by atoms with Crippen molar-refractivity contribution in [1.29, 1.82) is 0 Å². The Balaban J connectivity index is 1.73. The molecule has 0 radical (unpaired) electrons. The Morgan fingerprint density at radius 1 is 1.15 bits per heavy atom. The number of nitrogens with zero attached hydrogens (tertiary/aromatic N) is 3. The van der Waals surface area contributed by atoms with E-state index >= 15 is 0 Å². The number of hydrogen-bond acceptors (Lipinski definition) is 5. The zero-order chi connectivity index (χ0) is 18.8. The third-order valence-electron chi connectivity index (χ3n) is 5.55. The van der Waals surface area contributed by atoms with Crippen LogP contribution in [0.1, 0.15) is 56.1 Å². The number of aromatic nitrogens is 3. The summed E-state index contributed by atoms with van der Waals surface area (Å²) in [6.45, 7) is 2.20. The van der Waals surface area contributed by atoms with Crippen LogP contribution >= 0.6 is 0 Å². The molecule has 2 aromatic heterocycles. The number of hydrogen-bond donors (Lipinski definition) is 3. The number of rotatable bonds is 5. The molecule has 0 saturated heterocycles. The number of nitrogen functional groups attached to an aromatic ring is 1. The van der Waals surface area contributed by atoms with Gasteiger partial charge in [0, 0.05) is 29.7 Å². The lowest BCUT2D eigenvalue weighted by molar-refractivity contribution is 0.396. The number of fused-ring (bicyclic) bond motifs is 1. The normalized spacial score (nSPS) is 20.1. The second-order valence-electron chi connectivity index (χ2n) is 7.55. The zero-order valence-electron chi connectivity index (χ0n) is 15.9. The largest absolute Gasteiger partial charge is 0.382 e. The molecule has 1 aromatic carbocycles. The van der Waals surface area contributed by atoms with Gasteiger partial charge in [-0.3, -0.25) is 0 Å². The summed E-state index contributed by atoms with van der Waals surface area (Å²) < 4.78 is 1.75. The van der Waals surface area contributed by atoms with Gasteiger partial charge in [-0.1, -0.05) is 25.5 Å². The fourth-order valence-electron chi connectivity index (χ4n) is 4.11. The number of imidazole rings is 1. The second kappa shape index (κ2) is 7.56. The summed E-state index contributed by atoms with van der Waals surface area (Å²) in [6.07, 6.45) is 9.96. The van der Waals surface area contributed by atoms with Crippen molar-refractivity contribution in [2.24, 2.45) is 5.73 Å². The zero-order valence-corrected chi connectivity index (χ0v) is 15.9. The van der Waals surface area contributed by atoms with E-state index in [-0.39, 0.29) is 0 Å². The molecule has 27 heavy (non-hydrogen) atoms. The number of nitrogens with two attached hydrogens (primary N) is 2. The number of nitrogens with one attached hydrogen (secondary N) is 1. The minimum atomic E-state index is 0.299. The molecule has 2 heterocycles. The summed E-state index contributed by atoms with van der Waals surface area (Å²) in [6, 6.07) is 8.91. The van der Waals surface area contributed by atoms with Crippen LogP contribution in [0.3, 0.4) is 0 Å². The van der Waals surface area contributed by atoms with Crippen LogP contribution in [-0.4, -0.2) is 20.6 Å². The molecule has 1 aliphatic rings. The second-order valence-corrected chi connectivity index (χ2v) is 7.55. The van der Waals surface area contributed by atoms with E-state index in [9.17, 15) is 0 Å². The maximum absolute atomic E-state index is 6.40. The van der Waals surface area contributed by atoms with Crippen molar-refractivity contribution in [2.45, 2.75) is 57.4 Å². The number of benzene rings is 1. The molecule has 0 bridgehead atoms. The van der Waals surface area contributed by atoms with Gasteiger partial charge in [0.1, 0.15) is 5.82 Å². The van der Waals surface area contributed by atoms with Gasteiger partial charge in [-0.25, -0.2) is 9.50 Å². The van der Waals surface area contributed by atoms with Gasteiger partial charge in [0.15, 0.2) is 5.65 Å². The number of anilines is 3. The Morgan fingerprint density at radius 3 is 2.59 bits per heavy atom. The van der Waals surface area contributed by atoms with Gasteiger partial charge in [0.25, 0.3) is 0 Å². The molecule has 3 aromatic rings. The molecule has 142 valence electrons. The van der Waals surface area contributed by atoms with E-state index in [0.717, 1.165) is 61.1 Å². The lowest BCUT2D eigenvalue weighted by Gasteiger charge is -2.28. The number of aryl methyl sites for hydroxylation is 1. The summed E-state index contributed by atoms with van der Waals surface area (Å²) in [4.78, 5) is 4.53. The first-order valence-corrected chi connectivity index (χ1v) is 9.90. The Labute approximate surface area is 160 Å². The predicted molar refractivity (Wildman–Crippen MR) is 110 cm³/mol. The van der Waals surface area contributed by atoms with E-state index < -0.39 is 0 Å². The van der Waals surface area contributed by atoms with Gasteiger partial charge >= 0.3 is 0 Å². The average Bonchev–Trinajstić information content (AvgIpc) is 3.13. The lowest BCUT2D eigenvalue weighted by Crippen LogP contribution is -2.26. The summed E-state index contributed by atoms with van der Waals surface area (Å²) in [5.41, 5.74) is 17.8. The van der Waals surface area contributed by atoms with Crippen molar-refractivity contribution < 1.29 is 0 Å². The van der Waals surface area contributed by atoms with E-state index in [1.165, 1.54) is 5.56 Å². The van der Waals surface area contributed by atoms with Crippen LogP contribution in [0.25, 0.3) is 5.65 Å². The molecule has 6 nitrogen and oxygen atoms in total. The molecule has 0 amide bonds. The smallest absolute Gasteiger partial charge is 0.177 e. The predicted octanol–water partition coefficient (Wildman–Crippen LogP) is 3.99. The van der Waals surface area contributed by atoms with Crippen molar-refractivity contribution in [2.75, 3.05) is 11.1 Å². The lowest BCUT2D eigenvalue weighted by atomic mass is 9.81. The van der Waals surface area contributed by atoms with Crippen molar-refractivity contribution in [3.05, 3.63) is 47.8 Å². The summed E-state index contributed by atoms with van der Waals surface area (Å²) in [7, 11) is 0. The van der Waals surface area contributed by atoms with Crippen LogP contribution in [0.4, 0.5) is 17.2 Å². The Kier molecular flexibility index (Phi) is 4.99. The van der Waals surface area contributed by atoms with Crippen LogP contribution in [0.2, 0.25) is 0 Å². The van der Waals surface area contributed by atoms with E-state index in [1.54, 1.807) is 10.7 Å². The van der Waals surface area contributed by atoms with Crippen LogP contribution in [0.15, 0.2) is 36.7 Å². The molecule has 6 heteroatoms. The molecular weight excluding hydrogens is 336 g/mol. The van der Waals surface area contributed by atoms with Crippen molar-refractivity contribution in [3.63, 3.8) is 0 Å². The molecule has 1 fully saturated rings. The molecule has 0 unspecified atom stereocenters. The van der Waals surface area contributed by atoms with Gasteiger partial charge in [0.05, 0.1) is 5.69 Å². The summed E-state index contributed by atoms with van der Waals surface area (Å²) in [5.74, 6) is 0.937. The van der Waals surface area contributed by atoms with Gasteiger partial charge < -0.3 is 16.8 Å². The van der Waals surface area contributed by atoms with Crippen LogP contribution in [-0.2, 0) is 6.42 Å². The molecular formula is C21H28N6. The van der Waals surface area contributed by atoms with Gasteiger partial charge in [0.2, 0.25) is 0 Å². The highest BCUT2D eigenvalue weighted by molar-refractivity contribution is 5.80. The first kappa shape index (κ1) is 17.8. The Hall–Kier alpha value is -2.60. The van der Waals surface area contributed by atoms with Gasteiger partial charge in [-0.15, -0.1) is 5.10 Å². The Bertz CT molecular complexity index is 906. The average molecular weight is 364 g/mol. The first-order chi connectivity index (χ1) is 13.2. The molecule has 0 atom stereocenters. The molecule has 0 aliphatic heterocycles. The van der Waals surface area contributed by atoms with Crippen molar-refractivity contribution in [3.8, 4) is 0 Å². The highest BCUT2D eigenvalue weighted by Crippen LogP contribution is 2.41. The van der Waals surface area contributed by atoms with Crippen LogP contribution in [0.5, 0.6) is 0 Å². The quantitative estimate of drug-likeness (QED) is 0.636. The van der Waals surface area contributed by atoms with Crippen LogP contribution < -0.4 is 16.8 Å². The van der Waals surface area contributed by atoms with E-state index in [1.807, 2.05) is 6.20 Å². The maximum atomic E-state index is 6.40. The third-order valence-corrected chi connectivity index (χ3v) is 5.55. The molecule has 1 aliphatic carbocycles. The standard InChI is InChI=1S/C21H28N6/c1-2-3-14-4-10-17(11-5-14)25-19-18(15-6-8-16(22)9-7-15)20(23)26-27-13-12-24-21(19)27/h4-5,10-13,15-16,25H,2-3,6-9,22H2,1H3,(H2,23,26)/t15-,16-. The molecule has 1 saturated carbocycles. The van der Waals surface area contributed by atoms with E-state index in [2.05, 4.69) is 46.6 Å². The van der Waals surface area contributed by atoms with Crippen molar-refractivity contribution >= 4 is 22.8 Å². The summed E-state index contributed by atoms with van der Waals surface area (Å²) >= 11 is 0. The van der Waals surface area contributed by atoms with Crippen molar-refractivity contribution in [1.82, 2.24) is 14.6 Å². The highest BCUT2D eigenvalue weighted by Gasteiger charge is 2.27. The maximum Gasteiger partial charge on any atom is 0.177 e. The first-order valence-electron chi connectivity index (χ1n) is 9.90. The highest BCUT2D eigenvalue weighted by atomic mass is 15.3. The Morgan fingerprint density at radius 2 is 1.89 bits per heavy atom. The minimum absolute atomic E-state index is 0.299. The van der Waals surface area contributed by atoms with Gasteiger partial charge in [-0.05, 0) is 55.7 Å². The SMILES string of the molecule is CCCc1ccc(Nc2c3nccn3nc(N)c2[C@H]2CC[C@H](N)CC2)cc1. The monoisotopic (exact) mass is 364 g/mol. The molecule has 5 N–H and O–H groups in total. The molecule has 0 spiro atoms. The topological polar surface area (TPSA) is 94.3 Å².